The first-order chi connectivity index (χ1) is 21.1. The van der Waals surface area contributed by atoms with Crippen molar-refractivity contribution in [3.8, 4) is 23.0 Å². The Morgan fingerprint density at radius 1 is 0.844 bits per heavy atom. The van der Waals surface area contributed by atoms with Crippen molar-refractivity contribution < 1.29 is 61.0 Å². The molecule has 45 heavy (non-hydrogen) atoms. The number of hydrogen-bond donors (Lipinski definition) is 3. The number of alkyl carbamates (subject to hydrolysis) is 1. The summed E-state index contributed by atoms with van der Waals surface area (Å²) in [4.78, 5) is 24.3. The molecule has 2 aromatic rings. The molecule has 252 valence electrons. The van der Waals surface area contributed by atoms with E-state index in [2.05, 4.69) is 5.32 Å². The van der Waals surface area contributed by atoms with E-state index in [0.29, 0.717) is 11.1 Å². The number of carbonyl (C=O) groups is 2. The Kier molecular flexibility index (Phi) is 14.2. The molecule has 0 saturated heterocycles. The van der Waals surface area contributed by atoms with E-state index in [1.165, 1.54) is 39.5 Å². The zero-order valence-electron chi connectivity index (χ0n) is 26.3. The van der Waals surface area contributed by atoms with Crippen LogP contribution in [0.4, 0.5) is 18.0 Å². The third-order valence-corrected chi connectivity index (χ3v) is 6.09. The molecule has 0 aliphatic rings. The van der Waals surface area contributed by atoms with Crippen LogP contribution < -0.4 is 24.8 Å². The SMILES string of the molecule is COCCOCOC[C@@H](NC(=O)C(F)(F)F)c1cc(OC)c(C)c(Oc2cc([C@H](CO)NC(=O)OC(C)(C)C)ccc2OC)c1. The first-order valence-corrected chi connectivity index (χ1v) is 13.8. The lowest BCUT2D eigenvalue weighted by atomic mass is 10.0. The fourth-order valence-electron chi connectivity index (χ4n) is 3.88. The van der Waals surface area contributed by atoms with E-state index in [9.17, 15) is 27.9 Å². The topological polar surface area (TPSA) is 143 Å². The average Bonchev–Trinajstić information content (AvgIpc) is 2.96. The number of halogens is 3. The van der Waals surface area contributed by atoms with Crippen LogP contribution >= 0.6 is 0 Å². The summed E-state index contributed by atoms with van der Waals surface area (Å²) < 4.78 is 77.4. The minimum Gasteiger partial charge on any atom is -0.496 e. The fourth-order valence-corrected chi connectivity index (χ4v) is 3.88. The van der Waals surface area contributed by atoms with Crippen LogP contribution in [0, 0.1) is 6.92 Å². The number of methoxy groups -OCH3 is 3. The lowest BCUT2D eigenvalue weighted by Crippen LogP contribution is -2.40. The number of carbonyl (C=O) groups excluding carboxylic acids is 2. The van der Waals surface area contributed by atoms with Crippen molar-refractivity contribution in [2.45, 2.75) is 51.6 Å². The molecule has 0 spiro atoms. The zero-order valence-corrected chi connectivity index (χ0v) is 26.3. The van der Waals surface area contributed by atoms with Gasteiger partial charge in [-0.15, -0.1) is 0 Å². The molecule has 0 aromatic heterocycles. The fraction of sp³-hybridized carbons (Fsp3) is 0.533. The zero-order chi connectivity index (χ0) is 33.8. The van der Waals surface area contributed by atoms with Crippen LogP contribution in [0.3, 0.4) is 0 Å². The molecule has 12 nitrogen and oxygen atoms in total. The van der Waals surface area contributed by atoms with E-state index in [1.807, 2.05) is 5.32 Å². The number of rotatable bonds is 16. The lowest BCUT2D eigenvalue weighted by molar-refractivity contribution is -0.175. The van der Waals surface area contributed by atoms with Crippen LogP contribution in [0.2, 0.25) is 0 Å². The highest BCUT2D eigenvalue weighted by Crippen LogP contribution is 2.39. The van der Waals surface area contributed by atoms with Gasteiger partial charge in [0, 0.05) is 12.7 Å². The van der Waals surface area contributed by atoms with E-state index < -0.39 is 42.5 Å². The van der Waals surface area contributed by atoms with Crippen molar-refractivity contribution in [1.82, 2.24) is 10.6 Å². The van der Waals surface area contributed by atoms with Crippen LogP contribution in [-0.4, -0.2) is 83.4 Å². The number of aliphatic hydroxyl groups is 1. The number of aliphatic hydroxyl groups excluding tert-OH is 1. The van der Waals surface area contributed by atoms with Crippen LogP contribution in [0.1, 0.15) is 49.5 Å². The molecule has 0 aliphatic carbocycles. The quantitative estimate of drug-likeness (QED) is 0.173. The largest absolute Gasteiger partial charge is 0.496 e. The maximum absolute atomic E-state index is 13.2. The van der Waals surface area contributed by atoms with Gasteiger partial charge in [0.25, 0.3) is 0 Å². The van der Waals surface area contributed by atoms with Gasteiger partial charge in [-0.1, -0.05) is 6.07 Å². The van der Waals surface area contributed by atoms with Gasteiger partial charge in [0.2, 0.25) is 0 Å². The summed E-state index contributed by atoms with van der Waals surface area (Å²) in [7, 11) is 4.26. The van der Waals surface area contributed by atoms with E-state index in [4.69, 9.17) is 33.2 Å². The Morgan fingerprint density at radius 2 is 1.49 bits per heavy atom. The van der Waals surface area contributed by atoms with Crippen LogP contribution in [0.25, 0.3) is 0 Å². The van der Waals surface area contributed by atoms with Crippen molar-refractivity contribution in [1.29, 1.82) is 0 Å². The van der Waals surface area contributed by atoms with Crippen molar-refractivity contribution >= 4 is 12.0 Å². The van der Waals surface area contributed by atoms with E-state index >= 15 is 0 Å². The standard InChI is InChI=1S/C30H41F3N2O10/c1-18-24(41-7)13-20(22(34-27(37)30(31,32)33)16-43-17-42-11-10-39-5)14-25(18)44-26-12-19(8-9-23(26)40-6)21(15-36)35-28(38)45-29(2,3)4/h8-9,12-14,21-22,36H,10-11,15-17H2,1-7H3,(H,34,37)(H,35,38)/t21-,22+/m0/s1. The Balaban J connectivity index is 2.46. The summed E-state index contributed by atoms with van der Waals surface area (Å²) in [6.07, 6.45) is -5.89. The third-order valence-electron chi connectivity index (χ3n) is 6.09. The van der Waals surface area contributed by atoms with Gasteiger partial charge in [-0.25, -0.2) is 4.79 Å². The maximum atomic E-state index is 13.2. The molecular formula is C30H41F3N2O10. The lowest BCUT2D eigenvalue weighted by Gasteiger charge is -2.24. The predicted octanol–water partition coefficient (Wildman–Crippen LogP) is 4.72. The van der Waals surface area contributed by atoms with Crippen LogP contribution in [0.15, 0.2) is 30.3 Å². The summed E-state index contributed by atoms with van der Waals surface area (Å²) in [5, 5.41) is 14.5. The predicted molar refractivity (Wildman–Crippen MR) is 156 cm³/mol. The molecular weight excluding hydrogens is 605 g/mol. The van der Waals surface area contributed by atoms with Gasteiger partial charge in [-0.05, 0) is 63.1 Å². The number of ether oxygens (including phenoxy) is 7. The Hall–Kier alpha value is -3.79. The van der Waals surface area contributed by atoms with Crippen molar-refractivity contribution in [2.75, 3.05) is 54.5 Å². The molecule has 15 heteroatoms. The Morgan fingerprint density at radius 3 is 2.07 bits per heavy atom. The van der Waals surface area contributed by atoms with E-state index in [0.717, 1.165) is 0 Å². The number of benzene rings is 2. The normalized spacial score (nSPS) is 13.0. The molecule has 2 aromatic carbocycles. The number of alkyl halides is 3. The Bertz CT molecular complexity index is 1270. The summed E-state index contributed by atoms with van der Waals surface area (Å²) >= 11 is 0. The molecule has 0 radical (unpaired) electrons. The summed E-state index contributed by atoms with van der Waals surface area (Å²) in [5.74, 6) is -1.33. The first kappa shape index (κ1) is 37.4. The van der Waals surface area contributed by atoms with Gasteiger partial charge < -0.3 is 48.9 Å². The van der Waals surface area contributed by atoms with Gasteiger partial charge in [-0.3, -0.25) is 4.79 Å². The minimum atomic E-state index is -5.15. The van der Waals surface area contributed by atoms with E-state index in [-0.39, 0.29) is 55.2 Å². The van der Waals surface area contributed by atoms with Gasteiger partial charge in [0.15, 0.2) is 11.5 Å². The molecule has 0 bridgehead atoms. The highest BCUT2D eigenvalue weighted by atomic mass is 19.4. The smallest absolute Gasteiger partial charge is 0.471 e. The number of nitrogens with one attached hydrogen (secondary N) is 2. The molecule has 3 N–H and O–H groups in total. The highest BCUT2D eigenvalue weighted by Gasteiger charge is 2.40. The van der Waals surface area contributed by atoms with Crippen molar-refractivity contribution in [2.24, 2.45) is 0 Å². The molecule has 0 saturated carbocycles. The molecule has 0 unspecified atom stereocenters. The van der Waals surface area contributed by atoms with Gasteiger partial charge >= 0.3 is 18.2 Å². The van der Waals surface area contributed by atoms with Gasteiger partial charge in [-0.2, -0.15) is 13.2 Å². The Labute approximate surface area is 260 Å². The highest BCUT2D eigenvalue weighted by molar-refractivity contribution is 5.82. The van der Waals surface area contributed by atoms with Gasteiger partial charge in [0.05, 0.1) is 52.7 Å². The molecule has 2 rings (SSSR count). The van der Waals surface area contributed by atoms with Crippen LogP contribution in [0.5, 0.6) is 23.0 Å². The van der Waals surface area contributed by atoms with Gasteiger partial charge in [0.1, 0.15) is 23.9 Å². The minimum absolute atomic E-state index is 0.153. The second kappa shape index (κ2) is 17.1. The second-order valence-electron chi connectivity index (χ2n) is 10.7. The van der Waals surface area contributed by atoms with E-state index in [1.54, 1.807) is 39.8 Å². The molecule has 2 atom stereocenters. The number of amides is 2. The summed E-state index contributed by atoms with van der Waals surface area (Å²) in [6.45, 7) is 6.13. The third kappa shape index (κ3) is 11.9. The monoisotopic (exact) mass is 646 g/mol. The van der Waals surface area contributed by atoms with Crippen LogP contribution in [-0.2, 0) is 23.7 Å². The molecule has 0 aliphatic heterocycles. The molecule has 0 heterocycles. The summed E-state index contributed by atoms with van der Waals surface area (Å²) in [6, 6.07) is 5.43. The molecule has 0 fully saturated rings. The summed E-state index contributed by atoms with van der Waals surface area (Å²) in [5.41, 5.74) is 0.331. The maximum Gasteiger partial charge on any atom is 0.471 e. The first-order valence-electron chi connectivity index (χ1n) is 13.8. The second-order valence-corrected chi connectivity index (χ2v) is 10.7. The molecule has 2 amide bonds. The average molecular weight is 647 g/mol. The van der Waals surface area contributed by atoms with Crippen molar-refractivity contribution in [3.63, 3.8) is 0 Å². The van der Waals surface area contributed by atoms with Crippen molar-refractivity contribution in [3.05, 3.63) is 47.0 Å². The number of hydrogen-bond acceptors (Lipinski definition) is 10.